The van der Waals surface area contributed by atoms with E-state index in [1.807, 2.05) is 0 Å². The molecule has 0 bridgehead atoms. The van der Waals surface area contributed by atoms with E-state index in [-0.39, 0.29) is 24.9 Å². The molecule has 0 unspecified atom stereocenters. The number of imidazole rings is 1. The molecule has 2 amide bonds. The monoisotopic (exact) mass is 410 g/mol. The lowest BCUT2D eigenvalue weighted by molar-refractivity contribution is -0.120. The van der Waals surface area contributed by atoms with Crippen LogP contribution in [0.3, 0.4) is 0 Å². The Bertz CT molecular complexity index is 1130. The van der Waals surface area contributed by atoms with Gasteiger partial charge in [-0.05, 0) is 29.8 Å². The first-order valence-corrected chi connectivity index (χ1v) is 9.19. The fourth-order valence-electron chi connectivity index (χ4n) is 3.48. The number of ether oxygens (including phenoxy) is 2. The highest BCUT2D eigenvalue weighted by atomic mass is 19.1. The number of aromatic nitrogens is 2. The van der Waals surface area contributed by atoms with Crippen LogP contribution in [0.2, 0.25) is 0 Å². The van der Waals surface area contributed by atoms with E-state index in [0.29, 0.717) is 28.7 Å². The number of amides is 2. The van der Waals surface area contributed by atoms with Crippen molar-refractivity contribution in [3.63, 3.8) is 0 Å². The first kappa shape index (κ1) is 19.4. The Morgan fingerprint density at radius 2 is 2.10 bits per heavy atom. The topological polar surface area (TPSA) is 108 Å². The SMILES string of the molecule is COc1cc([C@H]2CC(=O)Nc3c2ncn3-c2ccccc2F)ccc1OCC(N)=O. The maximum atomic E-state index is 14.3. The van der Waals surface area contributed by atoms with Gasteiger partial charge in [0.25, 0.3) is 5.91 Å². The van der Waals surface area contributed by atoms with Crippen molar-refractivity contribution in [3.05, 3.63) is 65.9 Å². The van der Waals surface area contributed by atoms with Gasteiger partial charge < -0.3 is 20.5 Å². The lowest BCUT2D eigenvalue weighted by Crippen LogP contribution is -2.25. The van der Waals surface area contributed by atoms with Crippen LogP contribution in [-0.2, 0) is 9.59 Å². The van der Waals surface area contributed by atoms with Gasteiger partial charge in [-0.15, -0.1) is 0 Å². The van der Waals surface area contributed by atoms with E-state index in [4.69, 9.17) is 15.2 Å². The molecular formula is C21H19FN4O4. The second-order valence-electron chi connectivity index (χ2n) is 6.77. The summed E-state index contributed by atoms with van der Waals surface area (Å²) in [6.45, 7) is -0.279. The molecule has 1 aliphatic rings. The smallest absolute Gasteiger partial charge is 0.255 e. The Morgan fingerprint density at radius 3 is 2.83 bits per heavy atom. The van der Waals surface area contributed by atoms with E-state index in [1.54, 1.807) is 36.4 Å². The number of hydrogen-bond acceptors (Lipinski definition) is 5. The number of halogens is 1. The normalized spacial score (nSPS) is 15.3. The molecule has 3 aromatic rings. The van der Waals surface area contributed by atoms with Gasteiger partial charge >= 0.3 is 0 Å². The number of rotatable bonds is 6. The van der Waals surface area contributed by atoms with Crippen LogP contribution in [0.4, 0.5) is 10.2 Å². The fraction of sp³-hybridized carbons (Fsp3) is 0.190. The zero-order chi connectivity index (χ0) is 21.3. The minimum atomic E-state index is -0.603. The third kappa shape index (κ3) is 3.57. The number of fused-ring (bicyclic) bond motifs is 1. The summed E-state index contributed by atoms with van der Waals surface area (Å²) in [6, 6.07) is 11.4. The number of methoxy groups -OCH3 is 1. The van der Waals surface area contributed by atoms with Crippen LogP contribution in [-0.4, -0.2) is 35.1 Å². The first-order chi connectivity index (χ1) is 14.5. The quantitative estimate of drug-likeness (QED) is 0.649. The third-order valence-corrected chi connectivity index (χ3v) is 4.85. The van der Waals surface area contributed by atoms with Crippen molar-refractivity contribution in [1.82, 2.24) is 9.55 Å². The molecule has 0 fully saturated rings. The van der Waals surface area contributed by atoms with Gasteiger partial charge in [-0.25, -0.2) is 9.37 Å². The van der Waals surface area contributed by atoms with Gasteiger partial charge in [0.05, 0.1) is 18.5 Å². The Kier molecular flexibility index (Phi) is 5.09. The molecule has 3 N–H and O–H groups in total. The number of para-hydroxylation sites is 1. The van der Waals surface area contributed by atoms with Crippen LogP contribution in [0.5, 0.6) is 11.5 Å². The van der Waals surface area contributed by atoms with Crippen molar-refractivity contribution in [2.24, 2.45) is 5.73 Å². The van der Waals surface area contributed by atoms with E-state index in [0.717, 1.165) is 5.56 Å². The number of benzene rings is 2. The highest BCUT2D eigenvalue weighted by molar-refractivity contribution is 5.94. The van der Waals surface area contributed by atoms with Gasteiger partial charge in [0.2, 0.25) is 5.91 Å². The molecule has 0 aliphatic carbocycles. The molecular weight excluding hydrogens is 391 g/mol. The molecule has 1 aromatic heterocycles. The molecule has 2 heterocycles. The molecule has 30 heavy (non-hydrogen) atoms. The molecule has 1 atom stereocenters. The average Bonchev–Trinajstić information content (AvgIpc) is 3.15. The Hall–Kier alpha value is -3.88. The number of carbonyl (C=O) groups excluding carboxylic acids is 2. The fourth-order valence-corrected chi connectivity index (χ4v) is 3.48. The van der Waals surface area contributed by atoms with Gasteiger partial charge in [-0.3, -0.25) is 14.2 Å². The van der Waals surface area contributed by atoms with E-state index >= 15 is 0 Å². The molecule has 0 radical (unpaired) electrons. The number of anilines is 1. The van der Waals surface area contributed by atoms with E-state index < -0.39 is 11.7 Å². The van der Waals surface area contributed by atoms with Crippen molar-refractivity contribution in [1.29, 1.82) is 0 Å². The van der Waals surface area contributed by atoms with Gasteiger partial charge in [0, 0.05) is 12.3 Å². The van der Waals surface area contributed by atoms with Crippen LogP contribution < -0.4 is 20.5 Å². The molecule has 154 valence electrons. The highest BCUT2D eigenvalue weighted by Crippen LogP contribution is 2.40. The van der Waals surface area contributed by atoms with Gasteiger partial charge in [0.1, 0.15) is 18.0 Å². The molecule has 4 rings (SSSR count). The summed E-state index contributed by atoms with van der Waals surface area (Å²) in [4.78, 5) is 27.9. The summed E-state index contributed by atoms with van der Waals surface area (Å²) in [5.74, 6) is -0.416. The van der Waals surface area contributed by atoms with Gasteiger partial charge in [-0.2, -0.15) is 0 Å². The predicted octanol–water partition coefficient (Wildman–Crippen LogP) is 2.36. The van der Waals surface area contributed by atoms with Gasteiger partial charge in [0.15, 0.2) is 18.1 Å². The molecule has 0 saturated carbocycles. The highest BCUT2D eigenvalue weighted by Gasteiger charge is 2.32. The van der Waals surface area contributed by atoms with Crippen LogP contribution >= 0.6 is 0 Å². The van der Waals surface area contributed by atoms with Crippen LogP contribution in [0, 0.1) is 5.82 Å². The van der Waals surface area contributed by atoms with E-state index in [1.165, 1.54) is 24.1 Å². The van der Waals surface area contributed by atoms with E-state index in [2.05, 4.69) is 10.3 Å². The molecule has 0 saturated heterocycles. The minimum absolute atomic E-state index is 0.173. The minimum Gasteiger partial charge on any atom is -0.493 e. The summed E-state index contributed by atoms with van der Waals surface area (Å²) in [6.07, 6.45) is 1.66. The number of nitrogens with zero attached hydrogens (tertiary/aromatic N) is 2. The summed E-state index contributed by atoms with van der Waals surface area (Å²) in [5.41, 5.74) is 6.80. The molecule has 8 nitrogen and oxygen atoms in total. The van der Waals surface area contributed by atoms with Crippen molar-refractivity contribution >= 4 is 17.6 Å². The number of nitrogens with one attached hydrogen (secondary N) is 1. The van der Waals surface area contributed by atoms with Crippen LogP contribution in [0.25, 0.3) is 5.69 Å². The molecule has 1 aliphatic heterocycles. The van der Waals surface area contributed by atoms with Gasteiger partial charge in [-0.1, -0.05) is 18.2 Å². The molecule has 0 spiro atoms. The summed E-state index contributed by atoms with van der Waals surface area (Å²) < 4.78 is 26.5. The number of primary amides is 1. The van der Waals surface area contributed by atoms with Crippen molar-refractivity contribution < 1.29 is 23.5 Å². The predicted molar refractivity (Wildman–Crippen MR) is 106 cm³/mol. The summed E-state index contributed by atoms with van der Waals surface area (Å²) in [5, 5.41) is 2.79. The summed E-state index contributed by atoms with van der Waals surface area (Å²) >= 11 is 0. The van der Waals surface area contributed by atoms with Crippen LogP contribution in [0.1, 0.15) is 23.6 Å². The van der Waals surface area contributed by atoms with E-state index in [9.17, 15) is 14.0 Å². The van der Waals surface area contributed by atoms with Crippen molar-refractivity contribution in [3.8, 4) is 17.2 Å². The Morgan fingerprint density at radius 1 is 1.30 bits per heavy atom. The Balaban J connectivity index is 1.73. The number of carbonyl (C=O) groups is 2. The maximum Gasteiger partial charge on any atom is 0.255 e. The number of hydrogen-bond donors (Lipinski definition) is 2. The number of nitrogens with two attached hydrogens (primary N) is 1. The third-order valence-electron chi connectivity index (χ3n) is 4.85. The second kappa shape index (κ2) is 7.86. The zero-order valence-corrected chi connectivity index (χ0v) is 16.1. The second-order valence-corrected chi connectivity index (χ2v) is 6.77. The van der Waals surface area contributed by atoms with Crippen molar-refractivity contribution in [2.45, 2.75) is 12.3 Å². The first-order valence-electron chi connectivity index (χ1n) is 9.19. The average molecular weight is 410 g/mol. The van der Waals surface area contributed by atoms with Crippen molar-refractivity contribution in [2.75, 3.05) is 19.0 Å². The standard InChI is InChI=1S/C21H19FN4O4/c1-29-17-8-12(6-7-16(17)30-10-18(23)27)13-9-19(28)25-21-20(13)24-11-26(21)15-5-3-2-4-14(15)22/h2-8,11,13H,9-10H2,1H3,(H2,23,27)(H,25,28)/t13-/m1/s1. The lowest BCUT2D eigenvalue weighted by Gasteiger charge is -2.24. The largest absolute Gasteiger partial charge is 0.493 e. The van der Waals surface area contributed by atoms with Crippen LogP contribution in [0.15, 0.2) is 48.8 Å². The zero-order valence-electron chi connectivity index (χ0n) is 16.1. The molecule has 9 heteroatoms. The maximum absolute atomic E-state index is 14.3. The Labute approximate surface area is 171 Å². The molecule has 2 aromatic carbocycles. The lowest BCUT2D eigenvalue weighted by atomic mass is 9.89. The summed E-state index contributed by atoms with van der Waals surface area (Å²) in [7, 11) is 1.47.